The van der Waals surface area contributed by atoms with Crippen molar-refractivity contribution in [3.8, 4) is 11.8 Å². The van der Waals surface area contributed by atoms with Gasteiger partial charge in [0, 0.05) is 11.8 Å². The van der Waals surface area contributed by atoms with Gasteiger partial charge >= 0.3 is 0 Å². The van der Waals surface area contributed by atoms with Crippen LogP contribution in [0.25, 0.3) is 0 Å². The van der Waals surface area contributed by atoms with Gasteiger partial charge in [0.15, 0.2) is 0 Å². The second-order valence-corrected chi connectivity index (χ2v) is 6.41. The maximum atomic E-state index is 11.9. The summed E-state index contributed by atoms with van der Waals surface area (Å²) < 4.78 is 0. The third kappa shape index (κ3) is 5.71. The molecule has 0 saturated carbocycles. The molecule has 0 unspecified atom stereocenters. The molecule has 1 aliphatic carbocycles. The third-order valence-corrected chi connectivity index (χ3v) is 4.46. The first-order valence-corrected chi connectivity index (χ1v) is 7.71. The van der Waals surface area contributed by atoms with Crippen molar-refractivity contribution in [3.63, 3.8) is 0 Å². The zero-order valence-electron chi connectivity index (χ0n) is 13.7. The smallest absolute Gasteiger partial charge is 0.228 e. The normalized spacial score (nSPS) is 30.4. The van der Waals surface area contributed by atoms with Crippen molar-refractivity contribution >= 4 is 12.1 Å². The van der Waals surface area contributed by atoms with Gasteiger partial charge in [0.1, 0.15) is 6.29 Å². The number of aldehydes is 1. The summed E-state index contributed by atoms with van der Waals surface area (Å²) in [6.07, 6.45) is 9.04. The Morgan fingerprint density at radius 2 is 2.05 bits per heavy atom. The van der Waals surface area contributed by atoms with Crippen molar-refractivity contribution in [2.75, 3.05) is 0 Å². The second-order valence-electron chi connectivity index (χ2n) is 6.41. The van der Waals surface area contributed by atoms with Gasteiger partial charge in [0.05, 0.1) is 0 Å². The highest BCUT2D eigenvalue weighted by molar-refractivity contribution is 6.04. The molecule has 0 fully saturated rings. The van der Waals surface area contributed by atoms with E-state index in [4.69, 9.17) is 0 Å². The molecule has 0 heterocycles. The Labute approximate surface area is 128 Å². The van der Waals surface area contributed by atoms with Gasteiger partial charge in [0.2, 0.25) is 5.78 Å². The van der Waals surface area contributed by atoms with Gasteiger partial charge in [-0.25, -0.2) is 0 Å². The largest absolute Gasteiger partial charge is 0.303 e. The summed E-state index contributed by atoms with van der Waals surface area (Å²) in [7, 11) is 0. The summed E-state index contributed by atoms with van der Waals surface area (Å²) in [6, 6.07) is 0. The molecule has 21 heavy (non-hydrogen) atoms. The van der Waals surface area contributed by atoms with Crippen molar-refractivity contribution < 1.29 is 9.59 Å². The van der Waals surface area contributed by atoms with Crippen LogP contribution >= 0.6 is 0 Å². The van der Waals surface area contributed by atoms with E-state index in [2.05, 4.69) is 31.8 Å². The van der Waals surface area contributed by atoms with E-state index in [9.17, 15) is 9.59 Å². The Kier molecular flexibility index (Phi) is 6.62. The molecule has 0 aromatic carbocycles. The summed E-state index contributed by atoms with van der Waals surface area (Å²) in [5, 5.41) is 0. The monoisotopic (exact) mass is 286 g/mol. The SMILES string of the molecule is C/C1=C/C(=O)C#C[C@](C)([C@H](C)CC=O)CC/C(C)=C/CC1. The number of carbonyl (C=O) groups is 2. The summed E-state index contributed by atoms with van der Waals surface area (Å²) in [5.41, 5.74) is 2.13. The van der Waals surface area contributed by atoms with E-state index < -0.39 is 0 Å². The molecule has 0 N–H and O–H groups in total. The Hall–Kier alpha value is -1.62. The third-order valence-electron chi connectivity index (χ3n) is 4.46. The lowest BCUT2D eigenvalue weighted by Gasteiger charge is -2.30. The molecular formula is C19H26O2. The number of hydrogen-bond acceptors (Lipinski definition) is 2. The number of hydrogen-bond donors (Lipinski definition) is 0. The van der Waals surface area contributed by atoms with Crippen LogP contribution in [-0.4, -0.2) is 12.1 Å². The summed E-state index contributed by atoms with van der Waals surface area (Å²) >= 11 is 0. The lowest BCUT2D eigenvalue weighted by molar-refractivity contribution is -0.110. The minimum Gasteiger partial charge on any atom is -0.303 e. The van der Waals surface area contributed by atoms with Crippen LogP contribution in [0, 0.1) is 23.2 Å². The second kappa shape index (κ2) is 7.98. The van der Waals surface area contributed by atoms with E-state index in [-0.39, 0.29) is 17.1 Å². The van der Waals surface area contributed by atoms with Gasteiger partial charge in [-0.3, -0.25) is 4.79 Å². The highest BCUT2D eigenvalue weighted by Gasteiger charge is 2.29. The van der Waals surface area contributed by atoms with E-state index in [0.29, 0.717) is 6.42 Å². The Morgan fingerprint density at radius 1 is 1.33 bits per heavy atom. The fourth-order valence-electron chi connectivity index (χ4n) is 2.48. The predicted octanol–water partition coefficient (Wildman–Crippen LogP) is 4.26. The summed E-state index contributed by atoms with van der Waals surface area (Å²) in [4.78, 5) is 22.7. The number of rotatable bonds is 3. The molecule has 0 radical (unpaired) electrons. The molecule has 2 atom stereocenters. The average molecular weight is 286 g/mol. The van der Waals surface area contributed by atoms with Gasteiger partial charge in [-0.1, -0.05) is 30.1 Å². The molecule has 0 amide bonds. The zero-order valence-corrected chi connectivity index (χ0v) is 13.7. The van der Waals surface area contributed by atoms with Crippen LogP contribution in [0.4, 0.5) is 0 Å². The molecular weight excluding hydrogens is 260 g/mol. The van der Waals surface area contributed by atoms with Crippen molar-refractivity contribution in [1.29, 1.82) is 0 Å². The maximum Gasteiger partial charge on any atom is 0.228 e. The molecule has 0 aromatic rings. The topological polar surface area (TPSA) is 34.1 Å². The van der Waals surface area contributed by atoms with E-state index in [1.165, 1.54) is 5.57 Å². The number of ketones is 1. The van der Waals surface area contributed by atoms with Gasteiger partial charge in [-0.05, 0) is 64.4 Å². The molecule has 2 heteroatoms. The molecule has 0 aromatic heterocycles. The standard InChI is InChI=1S/C19H26O2/c1-15-6-5-7-16(2)14-18(21)9-12-19(4,11-8-15)17(3)10-13-20/h6,13-14,17H,5,7-8,10-11H2,1-4H3/b15-6+,16-14-/t17-,19-/m1/s1. The van der Waals surface area contributed by atoms with Crippen LogP contribution in [0.15, 0.2) is 23.3 Å². The van der Waals surface area contributed by atoms with Gasteiger partial charge in [-0.15, -0.1) is 0 Å². The van der Waals surface area contributed by atoms with Crippen LogP contribution in [0.2, 0.25) is 0 Å². The Morgan fingerprint density at radius 3 is 2.71 bits per heavy atom. The fraction of sp³-hybridized carbons (Fsp3) is 0.579. The van der Waals surface area contributed by atoms with Crippen LogP contribution in [0.3, 0.4) is 0 Å². The van der Waals surface area contributed by atoms with Crippen molar-refractivity contribution in [3.05, 3.63) is 23.3 Å². The van der Waals surface area contributed by atoms with E-state index in [1.54, 1.807) is 6.08 Å². The average Bonchev–Trinajstić information content (AvgIpc) is 2.42. The Balaban J connectivity index is 3.11. The van der Waals surface area contributed by atoms with Gasteiger partial charge < -0.3 is 4.79 Å². The molecule has 0 saturated heterocycles. The molecule has 1 rings (SSSR count). The molecule has 1 aliphatic rings. The first-order chi connectivity index (χ1) is 9.87. The lowest BCUT2D eigenvalue weighted by atomic mass is 9.73. The quantitative estimate of drug-likeness (QED) is 0.336. The maximum absolute atomic E-state index is 11.9. The zero-order chi connectivity index (χ0) is 15.9. The molecule has 0 spiro atoms. The van der Waals surface area contributed by atoms with E-state index >= 15 is 0 Å². The molecule has 2 nitrogen and oxygen atoms in total. The minimum absolute atomic E-state index is 0.127. The predicted molar refractivity (Wildman–Crippen MR) is 86.7 cm³/mol. The van der Waals surface area contributed by atoms with Crippen LogP contribution < -0.4 is 0 Å². The van der Waals surface area contributed by atoms with Gasteiger partial charge in [0.25, 0.3) is 0 Å². The highest BCUT2D eigenvalue weighted by Crippen LogP contribution is 2.35. The molecule has 0 aliphatic heterocycles. The first-order valence-electron chi connectivity index (χ1n) is 7.71. The number of allylic oxidation sites excluding steroid dienone is 4. The van der Waals surface area contributed by atoms with Crippen molar-refractivity contribution in [2.45, 2.75) is 59.8 Å². The highest BCUT2D eigenvalue weighted by atomic mass is 16.1. The molecule has 0 bridgehead atoms. The number of carbonyl (C=O) groups excluding carboxylic acids is 2. The molecule has 114 valence electrons. The first kappa shape index (κ1) is 17.4. The summed E-state index contributed by atoms with van der Waals surface area (Å²) in [5.74, 6) is 5.96. The van der Waals surface area contributed by atoms with Gasteiger partial charge in [-0.2, -0.15) is 0 Å². The minimum atomic E-state index is -0.299. The summed E-state index contributed by atoms with van der Waals surface area (Å²) in [6.45, 7) is 8.23. The fourth-order valence-corrected chi connectivity index (χ4v) is 2.48. The van der Waals surface area contributed by atoms with E-state index in [0.717, 1.165) is 37.5 Å². The lowest BCUT2D eigenvalue weighted by Crippen LogP contribution is -2.24. The van der Waals surface area contributed by atoms with Crippen LogP contribution in [0.1, 0.15) is 59.8 Å². The van der Waals surface area contributed by atoms with Crippen molar-refractivity contribution in [2.24, 2.45) is 11.3 Å². The Bertz CT molecular complexity index is 513. The van der Waals surface area contributed by atoms with Crippen molar-refractivity contribution in [1.82, 2.24) is 0 Å². The van der Waals surface area contributed by atoms with Crippen LogP contribution in [0.5, 0.6) is 0 Å². The van der Waals surface area contributed by atoms with E-state index in [1.807, 2.05) is 13.8 Å². The van der Waals surface area contributed by atoms with Crippen LogP contribution in [-0.2, 0) is 9.59 Å².